The molecule has 104 valence electrons. The molecule has 0 fully saturated rings. The Kier molecular flexibility index (Phi) is 12.2. The third-order valence-corrected chi connectivity index (χ3v) is 2.81. The summed E-state index contributed by atoms with van der Waals surface area (Å²) in [4.78, 5) is 0. The third kappa shape index (κ3) is 12.1. The third-order valence-electron chi connectivity index (χ3n) is 2.81. The van der Waals surface area contributed by atoms with E-state index in [1.807, 2.05) is 7.05 Å². The van der Waals surface area contributed by atoms with Gasteiger partial charge in [0.1, 0.15) is 0 Å². The van der Waals surface area contributed by atoms with Gasteiger partial charge in [0.05, 0.1) is 46.6 Å². The van der Waals surface area contributed by atoms with Gasteiger partial charge in [-0.25, -0.2) is 0 Å². The Balaban J connectivity index is 3.03. The van der Waals surface area contributed by atoms with Crippen LogP contribution in [0.1, 0.15) is 20.8 Å². The summed E-state index contributed by atoms with van der Waals surface area (Å²) < 4.78 is 16.3. The largest absolute Gasteiger partial charge is 0.379 e. The van der Waals surface area contributed by atoms with Gasteiger partial charge in [0, 0.05) is 6.61 Å². The fourth-order valence-electron chi connectivity index (χ4n) is 1.10. The van der Waals surface area contributed by atoms with Crippen molar-refractivity contribution in [1.29, 1.82) is 0 Å². The quantitative estimate of drug-likeness (QED) is 0.512. The number of quaternary nitrogens is 1. The molecule has 1 atom stereocenters. The summed E-state index contributed by atoms with van der Waals surface area (Å²) in [6.07, 6.45) is 0. The highest BCUT2D eigenvalue weighted by Crippen LogP contribution is 2.09. The van der Waals surface area contributed by atoms with Crippen LogP contribution in [0.2, 0.25) is 0 Å². The molecular formula is C13H30NO3+. The number of rotatable bonds is 12. The molecule has 0 rings (SSSR count). The monoisotopic (exact) mass is 248 g/mol. The minimum absolute atomic E-state index is 0.614. The maximum Gasteiger partial charge on any atom is 0.0991 e. The fourth-order valence-corrected chi connectivity index (χ4v) is 1.10. The predicted octanol–water partition coefficient (Wildman–Crippen LogP) is 0.522. The summed E-state index contributed by atoms with van der Waals surface area (Å²) in [6, 6.07) is 0. The van der Waals surface area contributed by atoms with Crippen LogP contribution in [0.15, 0.2) is 0 Å². The lowest BCUT2D eigenvalue weighted by Crippen LogP contribution is -2.80. The van der Waals surface area contributed by atoms with Gasteiger partial charge in [-0.15, -0.1) is 0 Å². The van der Waals surface area contributed by atoms with Crippen LogP contribution in [-0.2, 0) is 14.2 Å². The smallest absolute Gasteiger partial charge is 0.0991 e. The highest BCUT2D eigenvalue weighted by atomic mass is 16.5. The first kappa shape index (κ1) is 16.8. The molecule has 0 aliphatic carbocycles. The van der Waals surface area contributed by atoms with Gasteiger partial charge in [-0.1, -0.05) is 20.8 Å². The van der Waals surface area contributed by atoms with E-state index in [4.69, 9.17) is 14.2 Å². The molecule has 0 aromatic carbocycles. The van der Waals surface area contributed by atoms with Gasteiger partial charge in [0.2, 0.25) is 0 Å². The zero-order chi connectivity index (χ0) is 12.9. The van der Waals surface area contributed by atoms with Crippen LogP contribution < -0.4 is 5.32 Å². The minimum Gasteiger partial charge on any atom is -0.379 e. The van der Waals surface area contributed by atoms with Gasteiger partial charge < -0.3 is 19.5 Å². The fraction of sp³-hybridized carbons (Fsp3) is 1.00. The molecular weight excluding hydrogens is 218 g/mol. The van der Waals surface area contributed by atoms with Crippen LogP contribution in [0.3, 0.4) is 0 Å². The second-order valence-corrected chi connectivity index (χ2v) is 4.72. The van der Waals surface area contributed by atoms with E-state index in [9.17, 15) is 0 Å². The summed E-state index contributed by atoms with van der Waals surface area (Å²) >= 11 is 0. The van der Waals surface area contributed by atoms with E-state index in [1.165, 1.54) is 0 Å². The van der Waals surface area contributed by atoms with E-state index in [0.717, 1.165) is 19.8 Å². The summed E-state index contributed by atoms with van der Waals surface area (Å²) in [5.41, 5.74) is 0. The van der Waals surface area contributed by atoms with Crippen molar-refractivity contribution in [1.82, 2.24) is 0 Å². The molecule has 1 unspecified atom stereocenters. The Morgan fingerprint density at radius 3 is 1.88 bits per heavy atom. The number of hydrogen-bond donors (Lipinski definition) is 1. The van der Waals surface area contributed by atoms with Crippen molar-refractivity contribution < 1.29 is 19.5 Å². The Morgan fingerprint density at radius 1 is 0.824 bits per heavy atom. The summed E-state index contributed by atoms with van der Waals surface area (Å²) in [5, 5.41) is 2.10. The van der Waals surface area contributed by atoms with Crippen LogP contribution in [0.25, 0.3) is 0 Å². The topological polar surface area (TPSA) is 44.3 Å². The molecule has 0 saturated heterocycles. The zero-order valence-electron chi connectivity index (χ0n) is 11.9. The van der Waals surface area contributed by atoms with Gasteiger partial charge in [-0.2, -0.15) is 0 Å². The minimum atomic E-state index is 0.614. The number of hydrogen-bond acceptors (Lipinski definition) is 3. The van der Waals surface area contributed by atoms with Crippen LogP contribution in [0.5, 0.6) is 0 Å². The first-order valence-corrected chi connectivity index (χ1v) is 6.69. The molecule has 0 aromatic rings. The lowest BCUT2D eigenvalue weighted by atomic mass is 9.99. The molecule has 0 saturated carbocycles. The van der Waals surface area contributed by atoms with Gasteiger partial charge in [-0.05, 0) is 11.8 Å². The van der Waals surface area contributed by atoms with Crippen molar-refractivity contribution in [3.8, 4) is 0 Å². The molecule has 4 nitrogen and oxygen atoms in total. The lowest BCUT2D eigenvalue weighted by molar-refractivity contribution is -0.628. The summed E-state index contributed by atoms with van der Waals surface area (Å²) in [6.45, 7) is 12.0. The molecule has 2 N–H and O–H groups in total. The second-order valence-electron chi connectivity index (χ2n) is 4.72. The lowest BCUT2D eigenvalue weighted by Gasteiger charge is -2.15. The van der Waals surface area contributed by atoms with Crippen molar-refractivity contribution in [2.75, 3.05) is 53.2 Å². The van der Waals surface area contributed by atoms with Crippen LogP contribution >= 0.6 is 0 Å². The van der Waals surface area contributed by atoms with Crippen molar-refractivity contribution in [3.63, 3.8) is 0 Å². The molecule has 0 aliphatic rings. The van der Waals surface area contributed by atoms with Crippen molar-refractivity contribution >= 4 is 0 Å². The number of likely N-dealkylation sites (N-methyl/N-ethyl adjacent to an activating group) is 1. The highest BCUT2D eigenvalue weighted by molar-refractivity contribution is 4.54. The standard InChI is InChI=1S/C13H29NO3/c1-12(2)13(3)11-17-10-9-16-8-7-15-6-5-14-4/h12-14H,5-11H2,1-4H3/p+1. The SMILES string of the molecule is C[NH2+]CCOCCOCCOCC(C)C(C)C. The van der Waals surface area contributed by atoms with E-state index in [-0.39, 0.29) is 0 Å². The molecule has 0 bridgehead atoms. The average Bonchev–Trinajstić information content (AvgIpc) is 2.31. The molecule has 0 radical (unpaired) electrons. The van der Waals surface area contributed by atoms with Gasteiger partial charge in [0.15, 0.2) is 0 Å². The first-order valence-electron chi connectivity index (χ1n) is 6.69. The maximum absolute atomic E-state index is 5.53. The molecule has 0 heterocycles. The van der Waals surface area contributed by atoms with Crippen LogP contribution in [0, 0.1) is 11.8 Å². The van der Waals surface area contributed by atoms with Crippen molar-refractivity contribution in [2.24, 2.45) is 11.8 Å². The Bertz CT molecular complexity index is 154. The van der Waals surface area contributed by atoms with E-state index in [0.29, 0.717) is 38.3 Å². The highest BCUT2D eigenvalue weighted by Gasteiger charge is 2.06. The van der Waals surface area contributed by atoms with Gasteiger partial charge >= 0.3 is 0 Å². The Hall–Kier alpha value is -0.160. The average molecular weight is 248 g/mol. The summed E-state index contributed by atoms with van der Waals surface area (Å²) in [5.74, 6) is 1.29. The molecule has 0 aliphatic heterocycles. The molecule has 4 heteroatoms. The normalized spacial score (nSPS) is 13.2. The predicted molar refractivity (Wildman–Crippen MR) is 69.2 cm³/mol. The van der Waals surface area contributed by atoms with E-state index in [1.54, 1.807) is 0 Å². The number of nitrogens with two attached hydrogens (primary N) is 1. The van der Waals surface area contributed by atoms with Crippen LogP contribution in [-0.4, -0.2) is 53.2 Å². The zero-order valence-corrected chi connectivity index (χ0v) is 11.9. The maximum atomic E-state index is 5.53. The second kappa shape index (κ2) is 12.3. The summed E-state index contributed by atoms with van der Waals surface area (Å²) in [7, 11) is 2.04. The molecule has 0 amide bonds. The molecule has 0 spiro atoms. The van der Waals surface area contributed by atoms with Crippen molar-refractivity contribution in [2.45, 2.75) is 20.8 Å². The number of ether oxygens (including phenoxy) is 3. The molecule has 17 heavy (non-hydrogen) atoms. The van der Waals surface area contributed by atoms with E-state index in [2.05, 4.69) is 26.1 Å². The van der Waals surface area contributed by atoms with Crippen LogP contribution in [0.4, 0.5) is 0 Å². The Labute approximate surface area is 106 Å². The van der Waals surface area contributed by atoms with Gasteiger partial charge in [0.25, 0.3) is 0 Å². The first-order chi connectivity index (χ1) is 8.18. The van der Waals surface area contributed by atoms with E-state index < -0.39 is 0 Å². The van der Waals surface area contributed by atoms with E-state index >= 15 is 0 Å². The molecule has 0 aromatic heterocycles. The Morgan fingerprint density at radius 2 is 1.35 bits per heavy atom. The van der Waals surface area contributed by atoms with Gasteiger partial charge in [-0.3, -0.25) is 0 Å². The van der Waals surface area contributed by atoms with Crippen molar-refractivity contribution in [3.05, 3.63) is 0 Å².